The molecule has 0 spiro atoms. The van der Waals surface area contributed by atoms with Crippen molar-refractivity contribution in [2.45, 2.75) is 45.6 Å². The Hall–Kier alpha value is -0.650. The molecule has 1 aliphatic heterocycles. The number of nitrogens with zero attached hydrogens (tertiary/aromatic N) is 1. The van der Waals surface area contributed by atoms with Gasteiger partial charge in [-0.15, -0.1) is 0 Å². The molecular weight excluding hydrogens is 266 g/mol. The van der Waals surface area contributed by atoms with Crippen molar-refractivity contribution < 1.29 is 9.53 Å². The fourth-order valence-electron chi connectivity index (χ4n) is 2.80. The topological polar surface area (TPSA) is 53.6 Å². The van der Waals surface area contributed by atoms with Crippen LogP contribution >= 0.6 is 0 Å². The number of ether oxygens (including phenoxy) is 1. The number of unbranched alkanes of at least 4 members (excludes halogenated alkanes) is 1. The minimum absolute atomic E-state index is 0.0105. The molecule has 5 heteroatoms. The number of rotatable bonds is 10. The number of carbonyl (C=O) groups excluding carboxylic acids is 1. The van der Waals surface area contributed by atoms with Gasteiger partial charge in [-0.2, -0.15) is 0 Å². The number of hydrogen-bond donors (Lipinski definition) is 2. The summed E-state index contributed by atoms with van der Waals surface area (Å²) in [6.07, 6.45) is 4.61. The Morgan fingerprint density at radius 3 is 2.95 bits per heavy atom. The largest absolute Gasteiger partial charge is 0.383 e. The molecule has 1 heterocycles. The molecule has 21 heavy (non-hydrogen) atoms. The van der Waals surface area contributed by atoms with E-state index in [2.05, 4.69) is 22.5 Å². The Morgan fingerprint density at radius 2 is 2.24 bits per heavy atom. The van der Waals surface area contributed by atoms with Crippen molar-refractivity contribution in [2.24, 2.45) is 5.92 Å². The normalized spacial score (nSPS) is 21.2. The molecule has 0 aromatic rings. The fourth-order valence-corrected chi connectivity index (χ4v) is 2.80. The van der Waals surface area contributed by atoms with E-state index < -0.39 is 0 Å². The molecule has 1 saturated heterocycles. The fraction of sp³-hybridized carbons (Fsp3) is 0.938. The van der Waals surface area contributed by atoms with E-state index in [1.165, 1.54) is 12.8 Å². The zero-order valence-electron chi connectivity index (χ0n) is 14.0. The summed E-state index contributed by atoms with van der Waals surface area (Å²) in [6.45, 7) is 9.70. The summed E-state index contributed by atoms with van der Waals surface area (Å²) in [5.41, 5.74) is 0. The first-order valence-corrected chi connectivity index (χ1v) is 8.40. The average molecular weight is 299 g/mol. The molecule has 0 aliphatic carbocycles. The molecule has 0 saturated carbocycles. The van der Waals surface area contributed by atoms with Gasteiger partial charge in [0.25, 0.3) is 0 Å². The van der Waals surface area contributed by atoms with E-state index >= 15 is 0 Å². The van der Waals surface area contributed by atoms with Crippen LogP contribution in [0.4, 0.5) is 0 Å². The monoisotopic (exact) mass is 299 g/mol. The lowest BCUT2D eigenvalue weighted by Crippen LogP contribution is -2.50. The van der Waals surface area contributed by atoms with Gasteiger partial charge in [0.05, 0.1) is 12.6 Å². The van der Waals surface area contributed by atoms with Crippen molar-refractivity contribution in [1.82, 2.24) is 15.5 Å². The highest BCUT2D eigenvalue weighted by atomic mass is 16.5. The Balaban J connectivity index is 2.28. The van der Waals surface area contributed by atoms with Gasteiger partial charge in [0.15, 0.2) is 0 Å². The van der Waals surface area contributed by atoms with E-state index in [1.807, 2.05) is 6.92 Å². The average Bonchev–Trinajstić information content (AvgIpc) is 2.51. The molecule has 2 atom stereocenters. The highest BCUT2D eigenvalue weighted by Gasteiger charge is 2.26. The van der Waals surface area contributed by atoms with Gasteiger partial charge in [0, 0.05) is 26.7 Å². The first-order valence-electron chi connectivity index (χ1n) is 8.40. The minimum atomic E-state index is -0.0105. The maximum atomic E-state index is 12.1. The molecule has 0 aromatic heterocycles. The lowest BCUT2D eigenvalue weighted by Gasteiger charge is -2.36. The summed E-state index contributed by atoms with van der Waals surface area (Å²) in [5.74, 6) is 0.818. The van der Waals surface area contributed by atoms with Crippen molar-refractivity contribution in [1.29, 1.82) is 0 Å². The van der Waals surface area contributed by atoms with Crippen LogP contribution in [0.3, 0.4) is 0 Å². The summed E-state index contributed by atoms with van der Waals surface area (Å²) < 4.78 is 5.04. The molecule has 1 amide bonds. The number of methoxy groups -OCH3 is 1. The molecule has 2 unspecified atom stereocenters. The van der Waals surface area contributed by atoms with Crippen LogP contribution in [0.1, 0.15) is 39.5 Å². The Morgan fingerprint density at radius 1 is 1.43 bits per heavy atom. The molecule has 1 fully saturated rings. The number of nitrogens with one attached hydrogen (secondary N) is 2. The standard InChI is InChI=1S/C16H33N3O2/c1-4-5-8-18-16(20)14(2)19-10-6-7-15(13-19)12-17-9-11-21-3/h14-15,17H,4-13H2,1-3H3,(H,18,20). The molecule has 0 radical (unpaired) electrons. The smallest absolute Gasteiger partial charge is 0.237 e. The molecule has 0 bridgehead atoms. The summed E-state index contributed by atoms with van der Waals surface area (Å²) in [5, 5.41) is 6.48. The third kappa shape index (κ3) is 7.25. The molecule has 1 aliphatic rings. The van der Waals surface area contributed by atoms with E-state index in [0.717, 1.165) is 52.2 Å². The van der Waals surface area contributed by atoms with Crippen molar-refractivity contribution in [3.63, 3.8) is 0 Å². The third-order valence-corrected chi connectivity index (χ3v) is 4.22. The van der Waals surface area contributed by atoms with Gasteiger partial charge in [-0.05, 0) is 45.2 Å². The molecule has 5 nitrogen and oxygen atoms in total. The highest BCUT2D eigenvalue weighted by molar-refractivity contribution is 5.81. The minimum Gasteiger partial charge on any atom is -0.383 e. The highest BCUT2D eigenvalue weighted by Crippen LogP contribution is 2.18. The zero-order chi connectivity index (χ0) is 15.5. The van der Waals surface area contributed by atoms with Gasteiger partial charge in [0.2, 0.25) is 5.91 Å². The quantitative estimate of drug-likeness (QED) is 0.596. The maximum Gasteiger partial charge on any atom is 0.237 e. The molecule has 1 rings (SSSR count). The second-order valence-corrected chi connectivity index (χ2v) is 6.02. The number of amides is 1. The summed E-state index contributed by atoms with van der Waals surface area (Å²) >= 11 is 0. The van der Waals surface area contributed by atoms with Crippen LogP contribution in [-0.2, 0) is 9.53 Å². The van der Waals surface area contributed by atoms with Gasteiger partial charge in [0.1, 0.15) is 0 Å². The lowest BCUT2D eigenvalue weighted by atomic mass is 9.96. The van der Waals surface area contributed by atoms with Gasteiger partial charge in [-0.1, -0.05) is 13.3 Å². The van der Waals surface area contributed by atoms with E-state index in [9.17, 15) is 4.79 Å². The van der Waals surface area contributed by atoms with Gasteiger partial charge in [-0.25, -0.2) is 0 Å². The van der Waals surface area contributed by atoms with Gasteiger partial charge >= 0.3 is 0 Å². The van der Waals surface area contributed by atoms with Crippen LogP contribution in [0.2, 0.25) is 0 Å². The van der Waals surface area contributed by atoms with Gasteiger partial charge < -0.3 is 15.4 Å². The summed E-state index contributed by atoms with van der Waals surface area (Å²) in [4.78, 5) is 14.5. The van der Waals surface area contributed by atoms with E-state index in [1.54, 1.807) is 7.11 Å². The van der Waals surface area contributed by atoms with Crippen molar-refractivity contribution >= 4 is 5.91 Å². The first-order chi connectivity index (χ1) is 10.2. The Kier molecular flexibility index (Phi) is 9.63. The predicted molar refractivity (Wildman–Crippen MR) is 86.4 cm³/mol. The van der Waals surface area contributed by atoms with Crippen LogP contribution in [0.5, 0.6) is 0 Å². The van der Waals surface area contributed by atoms with Crippen LogP contribution in [0.15, 0.2) is 0 Å². The van der Waals surface area contributed by atoms with E-state index in [4.69, 9.17) is 4.74 Å². The second-order valence-electron chi connectivity index (χ2n) is 6.02. The second kappa shape index (κ2) is 11.0. The third-order valence-electron chi connectivity index (χ3n) is 4.22. The van der Waals surface area contributed by atoms with Crippen molar-refractivity contribution in [3.05, 3.63) is 0 Å². The SMILES string of the molecule is CCCCNC(=O)C(C)N1CCCC(CNCCOC)C1. The van der Waals surface area contributed by atoms with Crippen molar-refractivity contribution in [3.8, 4) is 0 Å². The van der Waals surface area contributed by atoms with Crippen LogP contribution < -0.4 is 10.6 Å². The lowest BCUT2D eigenvalue weighted by molar-refractivity contribution is -0.126. The number of piperidine rings is 1. The number of likely N-dealkylation sites (tertiary alicyclic amines) is 1. The molecule has 2 N–H and O–H groups in total. The summed E-state index contributed by atoms with van der Waals surface area (Å²) in [7, 11) is 1.73. The summed E-state index contributed by atoms with van der Waals surface area (Å²) in [6, 6.07) is -0.0105. The maximum absolute atomic E-state index is 12.1. The number of hydrogen-bond acceptors (Lipinski definition) is 4. The Labute approximate surface area is 129 Å². The molecular formula is C16H33N3O2. The number of carbonyl (C=O) groups is 1. The predicted octanol–water partition coefficient (Wildman–Crippen LogP) is 1.24. The van der Waals surface area contributed by atoms with Crippen LogP contribution in [0.25, 0.3) is 0 Å². The van der Waals surface area contributed by atoms with E-state index in [0.29, 0.717) is 5.92 Å². The zero-order valence-corrected chi connectivity index (χ0v) is 14.0. The van der Waals surface area contributed by atoms with Gasteiger partial charge in [-0.3, -0.25) is 9.69 Å². The molecule has 0 aromatic carbocycles. The molecule has 124 valence electrons. The van der Waals surface area contributed by atoms with Crippen LogP contribution in [-0.4, -0.2) is 63.3 Å². The first kappa shape index (κ1) is 18.4. The van der Waals surface area contributed by atoms with Crippen molar-refractivity contribution in [2.75, 3.05) is 46.4 Å². The van der Waals surface area contributed by atoms with E-state index in [-0.39, 0.29) is 11.9 Å². The van der Waals surface area contributed by atoms with Crippen LogP contribution in [0, 0.1) is 5.92 Å². The Bertz CT molecular complexity index is 287.